The molecule has 0 bridgehead atoms. The number of morpholine rings is 1. The highest BCUT2D eigenvalue weighted by atomic mass is 16.5. The van der Waals surface area contributed by atoms with Crippen LogP contribution in [0.2, 0.25) is 0 Å². The predicted octanol–water partition coefficient (Wildman–Crippen LogP) is 2.03. The topological polar surface area (TPSA) is 36.3 Å². The van der Waals surface area contributed by atoms with Gasteiger partial charge in [0.25, 0.3) is 0 Å². The first-order chi connectivity index (χ1) is 7.72. The fourth-order valence-corrected chi connectivity index (χ4v) is 2.13. The van der Waals surface area contributed by atoms with Gasteiger partial charge in [-0.25, -0.2) is 0 Å². The third kappa shape index (κ3) is 2.02. The molecule has 0 aliphatic carbocycles. The molecule has 3 heteroatoms. The maximum atomic E-state index is 9.10. The van der Waals surface area contributed by atoms with Gasteiger partial charge in [0.2, 0.25) is 0 Å². The average Bonchev–Trinajstić information content (AvgIpc) is 2.29. The van der Waals surface area contributed by atoms with Gasteiger partial charge in [-0.15, -0.1) is 0 Å². The molecule has 2 rings (SSSR count). The van der Waals surface area contributed by atoms with Gasteiger partial charge < -0.3 is 9.64 Å². The standard InChI is InChI=1S/C13H16N2O/c1-10-3-4-13(11(2)7-10)15-5-6-16-9-12(15)8-14/h3-4,7,12H,5-6,9H2,1-2H3. The lowest BCUT2D eigenvalue weighted by Crippen LogP contribution is -2.45. The van der Waals surface area contributed by atoms with Crippen molar-refractivity contribution < 1.29 is 4.74 Å². The van der Waals surface area contributed by atoms with Crippen LogP contribution < -0.4 is 4.90 Å². The summed E-state index contributed by atoms with van der Waals surface area (Å²) in [7, 11) is 0. The van der Waals surface area contributed by atoms with Gasteiger partial charge in [0, 0.05) is 12.2 Å². The largest absolute Gasteiger partial charge is 0.376 e. The van der Waals surface area contributed by atoms with Crippen LogP contribution in [-0.2, 0) is 4.74 Å². The molecule has 0 saturated carbocycles. The van der Waals surface area contributed by atoms with Crippen molar-refractivity contribution in [3.05, 3.63) is 29.3 Å². The summed E-state index contributed by atoms with van der Waals surface area (Å²) in [6.45, 7) is 6.17. The lowest BCUT2D eigenvalue weighted by atomic mass is 10.1. The molecule has 1 heterocycles. The van der Waals surface area contributed by atoms with E-state index in [-0.39, 0.29) is 6.04 Å². The lowest BCUT2D eigenvalue weighted by Gasteiger charge is -2.34. The minimum atomic E-state index is -0.157. The lowest BCUT2D eigenvalue weighted by molar-refractivity contribution is 0.107. The normalized spacial score (nSPS) is 20.6. The first-order valence-corrected chi connectivity index (χ1v) is 5.53. The zero-order valence-electron chi connectivity index (χ0n) is 9.73. The molecule has 1 aliphatic heterocycles. The van der Waals surface area contributed by atoms with E-state index >= 15 is 0 Å². The highest BCUT2D eigenvalue weighted by Gasteiger charge is 2.23. The van der Waals surface area contributed by atoms with Crippen molar-refractivity contribution in [1.29, 1.82) is 5.26 Å². The van der Waals surface area contributed by atoms with Crippen LogP contribution in [0.25, 0.3) is 0 Å². The molecule has 16 heavy (non-hydrogen) atoms. The van der Waals surface area contributed by atoms with E-state index in [0.29, 0.717) is 13.2 Å². The summed E-state index contributed by atoms with van der Waals surface area (Å²) in [4.78, 5) is 2.14. The molecule has 0 N–H and O–H groups in total. The van der Waals surface area contributed by atoms with Crippen molar-refractivity contribution in [2.24, 2.45) is 0 Å². The van der Waals surface area contributed by atoms with E-state index in [9.17, 15) is 0 Å². The number of ether oxygens (including phenoxy) is 1. The highest BCUT2D eigenvalue weighted by Crippen LogP contribution is 2.24. The van der Waals surface area contributed by atoms with Crippen LogP contribution in [0.1, 0.15) is 11.1 Å². The van der Waals surface area contributed by atoms with Crippen molar-refractivity contribution >= 4 is 5.69 Å². The van der Waals surface area contributed by atoms with E-state index in [1.165, 1.54) is 11.1 Å². The van der Waals surface area contributed by atoms with Crippen molar-refractivity contribution in [3.8, 4) is 6.07 Å². The Kier molecular flexibility index (Phi) is 3.12. The second-order valence-corrected chi connectivity index (χ2v) is 4.20. The van der Waals surface area contributed by atoms with Gasteiger partial charge in [-0.1, -0.05) is 17.7 Å². The van der Waals surface area contributed by atoms with Gasteiger partial charge in [-0.2, -0.15) is 5.26 Å². The molecule has 1 saturated heterocycles. The number of nitrogens with zero attached hydrogens (tertiary/aromatic N) is 2. The van der Waals surface area contributed by atoms with Gasteiger partial charge in [0.05, 0.1) is 19.3 Å². The SMILES string of the molecule is Cc1ccc(N2CCOCC2C#N)c(C)c1. The summed E-state index contributed by atoms with van der Waals surface area (Å²) in [6, 6.07) is 8.48. The second kappa shape index (κ2) is 4.54. The summed E-state index contributed by atoms with van der Waals surface area (Å²) in [5.41, 5.74) is 3.63. The minimum absolute atomic E-state index is 0.157. The zero-order chi connectivity index (χ0) is 11.5. The van der Waals surface area contributed by atoms with Crippen LogP contribution in [0.5, 0.6) is 0 Å². The van der Waals surface area contributed by atoms with Crippen LogP contribution in [0.3, 0.4) is 0 Å². The van der Waals surface area contributed by atoms with E-state index in [2.05, 4.69) is 43.0 Å². The molecule has 0 amide bonds. The Morgan fingerprint density at radius 1 is 1.44 bits per heavy atom. The zero-order valence-corrected chi connectivity index (χ0v) is 9.73. The summed E-state index contributed by atoms with van der Waals surface area (Å²) < 4.78 is 5.32. The van der Waals surface area contributed by atoms with E-state index < -0.39 is 0 Å². The van der Waals surface area contributed by atoms with Gasteiger partial charge in [-0.3, -0.25) is 0 Å². The summed E-state index contributed by atoms with van der Waals surface area (Å²) in [5, 5.41) is 9.10. The second-order valence-electron chi connectivity index (χ2n) is 4.20. The van der Waals surface area contributed by atoms with Crippen molar-refractivity contribution in [1.82, 2.24) is 0 Å². The van der Waals surface area contributed by atoms with Crippen LogP contribution in [-0.4, -0.2) is 25.8 Å². The average molecular weight is 216 g/mol. The first kappa shape index (κ1) is 11.0. The van der Waals surface area contributed by atoms with Crippen LogP contribution in [0.4, 0.5) is 5.69 Å². The quantitative estimate of drug-likeness (QED) is 0.720. The molecule has 1 unspecified atom stereocenters. The van der Waals surface area contributed by atoms with Crippen molar-refractivity contribution in [2.75, 3.05) is 24.7 Å². The Bertz CT molecular complexity index is 422. The maximum Gasteiger partial charge on any atom is 0.140 e. The smallest absolute Gasteiger partial charge is 0.140 e. The Labute approximate surface area is 96.2 Å². The fourth-order valence-electron chi connectivity index (χ4n) is 2.13. The number of rotatable bonds is 1. The van der Waals surface area contributed by atoms with Crippen LogP contribution in [0, 0.1) is 25.2 Å². The van der Waals surface area contributed by atoms with Gasteiger partial charge >= 0.3 is 0 Å². The molecule has 0 spiro atoms. The van der Waals surface area contributed by atoms with E-state index in [0.717, 1.165) is 12.2 Å². The van der Waals surface area contributed by atoms with Crippen molar-refractivity contribution in [3.63, 3.8) is 0 Å². The van der Waals surface area contributed by atoms with E-state index in [1.54, 1.807) is 0 Å². The molecule has 1 aromatic carbocycles. The number of benzene rings is 1. The summed E-state index contributed by atoms with van der Waals surface area (Å²) >= 11 is 0. The Morgan fingerprint density at radius 3 is 2.94 bits per heavy atom. The Morgan fingerprint density at radius 2 is 2.25 bits per heavy atom. The van der Waals surface area contributed by atoms with Gasteiger partial charge in [-0.05, 0) is 25.5 Å². The fraction of sp³-hybridized carbons (Fsp3) is 0.462. The molecular formula is C13H16N2O. The molecular weight excluding hydrogens is 200 g/mol. The molecule has 1 aliphatic rings. The number of hydrogen-bond acceptors (Lipinski definition) is 3. The molecule has 1 aromatic rings. The van der Waals surface area contributed by atoms with Crippen LogP contribution >= 0.6 is 0 Å². The third-order valence-corrected chi connectivity index (χ3v) is 2.94. The number of hydrogen-bond donors (Lipinski definition) is 0. The number of nitriles is 1. The minimum Gasteiger partial charge on any atom is -0.376 e. The molecule has 1 atom stereocenters. The maximum absolute atomic E-state index is 9.10. The monoisotopic (exact) mass is 216 g/mol. The predicted molar refractivity (Wildman–Crippen MR) is 63.5 cm³/mol. The molecule has 3 nitrogen and oxygen atoms in total. The summed E-state index contributed by atoms with van der Waals surface area (Å²) in [5.74, 6) is 0. The highest BCUT2D eigenvalue weighted by molar-refractivity contribution is 5.56. The van der Waals surface area contributed by atoms with E-state index in [1.807, 2.05) is 0 Å². The first-order valence-electron chi connectivity index (χ1n) is 5.53. The van der Waals surface area contributed by atoms with Crippen LogP contribution in [0.15, 0.2) is 18.2 Å². The van der Waals surface area contributed by atoms with Crippen molar-refractivity contribution in [2.45, 2.75) is 19.9 Å². The molecule has 1 fully saturated rings. The van der Waals surface area contributed by atoms with E-state index in [4.69, 9.17) is 10.00 Å². The van der Waals surface area contributed by atoms with Gasteiger partial charge in [0.1, 0.15) is 6.04 Å². The Balaban J connectivity index is 2.31. The molecule has 84 valence electrons. The molecule has 0 aromatic heterocycles. The third-order valence-electron chi connectivity index (χ3n) is 2.94. The summed E-state index contributed by atoms with van der Waals surface area (Å²) in [6.07, 6.45) is 0. The number of aryl methyl sites for hydroxylation is 2. The van der Waals surface area contributed by atoms with Gasteiger partial charge in [0.15, 0.2) is 0 Å². The number of anilines is 1. The Hall–Kier alpha value is -1.53. The molecule has 0 radical (unpaired) electrons.